The Morgan fingerprint density at radius 2 is 1.92 bits per heavy atom. The van der Waals surface area contributed by atoms with Crippen LogP contribution in [0.15, 0.2) is 24.3 Å². The number of hydrogen-bond acceptors (Lipinski definition) is 5. The van der Waals surface area contributed by atoms with Gasteiger partial charge in [-0.25, -0.2) is 4.79 Å². The van der Waals surface area contributed by atoms with Gasteiger partial charge in [-0.1, -0.05) is 24.3 Å². The molecule has 1 fully saturated rings. The summed E-state index contributed by atoms with van der Waals surface area (Å²) in [6.45, 7) is 0.557. The Morgan fingerprint density at radius 1 is 1.25 bits per heavy atom. The minimum Gasteiger partial charge on any atom is -0.480 e. The molecule has 1 saturated heterocycles. The van der Waals surface area contributed by atoms with Crippen LogP contribution in [-0.4, -0.2) is 57.1 Å². The summed E-state index contributed by atoms with van der Waals surface area (Å²) >= 11 is 3.71. The Labute approximate surface area is 148 Å². The highest BCUT2D eigenvalue weighted by Crippen LogP contribution is 2.45. The molecule has 1 atom stereocenters. The molecule has 1 aliphatic heterocycles. The van der Waals surface area contributed by atoms with Gasteiger partial charge in [-0.2, -0.15) is 0 Å². The van der Waals surface area contributed by atoms with E-state index in [1.807, 2.05) is 47.8 Å². The van der Waals surface area contributed by atoms with E-state index in [-0.39, 0.29) is 6.42 Å². The third-order valence-corrected chi connectivity index (χ3v) is 6.75. The summed E-state index contributed by atoms with van der Waals surface area (Å²) in [5.74, 6) is -0.824. The molecule has 0 aliphatic carbocycles. The van der Waals surface area contributed by atoms with Crippen LogP contribution in [0, 0.1) is 0 Å². The Balaban J connectivity index is 2.20. The minimum atomic E-state index is -1.23. The largest absolute Gasteiger partial charge is 0.480 e. The molecule has 1 aromatic carbocycles. The van der Waals surface area contributed by atoms with Crippen LogP contribution < -0.4 is 0 Å². The molecule has 24 heavy (non-hydrogen) atoms. The Hall–Kier alpha value is -1.67. The van der Waals surface area contributed by atoms with Gasteiger partial charge in [0.2, 0.25) is 5.91 Å². The fourth-order valence-electron chi connectivity index (χ4n) is 2.56. The molecule has 0 unspecified atom stereocenters. The highest BCUT2D eigenvalue weighted by molar-refractivity contribution is 8.19. The molecule has 8 heteroatoms. The fourth-order valence-corrected chi connectivity index (χ4v) is 5.40. The normalized spacial score (nSPS) is 15.9. The second-order valence-corrected chi connectivity index (χ2v) is 8.14. The fraction of sp³-hybridized carbons (Fsp3) is 0.438. The molecule has 1 aliphatic rings. The maximum atomic E-state index is 11.7. The molecular formula is C16H19NO5S2. The predicted molar refractivity (Wildman–Crippen MR) is 94.2 cm³/mol. The summed E-state index contributed by atoms with van der Waals surface area (Å²) in [6.07, 6.45) is 0.0814. The van der Waals surface area contributed by atoms with Crippen LogP contribution in [0.5, 0.6) is 0 Å². The van der Waals surface area contributed by atoms with Crippen molar-refractivity contribution >= 4 is 41.4 Å². The Kier molecular flexibility index (Phi) is 6.56. The first kappa shape index (κ1) is 18.7. The molecule has 1 aromatic rings. The first-order chi connectivity index (χ1) is 11.4. The lowest BCUT2D eigenvalue weighted by atomic mass is 10.0. The quantitative estimate of drug-likeness (QED) is 0.760. The number of amides is 1. The highest BCUT2D eigenvalue weighted by atomic mass is 32.2. The standard InChI is InChI=1S/C16H19NO5S2/c1-10(18)17(9-14(19)20)13(15(21)22)8-11-3-2-4-12(7-11)16-23-5-6-24-16/h2-4,7,13,16H,5-6,8-9H2,1H3,(H,19,20)(H,21,22)/t13-/m0/s1. The first-order valence-electron chi connectivity index (χ1n) is 7.42. The summed E-state index contributed by atoms with van der Waals surface area (Å²) in [4.78, 5) is 35.1. The monoisotopic (exact) mass is 369 g/mol. The Morgan fingerprint density at radius 3 is 2.46 bits per heavy atom. The van der Waals surface area contributed by atoms with Crippen LogP contribution in [0.3, 0.4) is 0 Å². The summed E-state index contributed by atoms with van der Waals surface area (Å²) in [5.41, 5.74) is 1.90. The molecule has 0 aromatic heterocycles. The van der Waals surface area contributed by atoms with E-state index in [0.717, 1.165) is 27.5 Å². The number of carbonyl (C=O) groups excluding carboxylic acids is 1. The van der Waals surface area contributed by atoms with Gasteiger partial charge in [-0.15, -0.1) is 23.5 Å². The molecule has 1 amide bonds. The SMILES string of the molecule is CC(=O)N(CC(=O)O)[C@@H](Cc1cccc(C2SCCS2)c1)C(=O)O. The molecule has 0 bridgehead atoms. The van der Waals surface area contributed by atoms with Crippen molar-refractivity contribution in [3.05, 3.63) is 35.4 Å². The number of carboxylic acid groups (broad SMARTS) is 2. The van der Waals surface area contributed by atoms with E-state index in [0.29, 0.717) is 4.58 Å². The molecule has 0 saturated carbocycles. The lowest BCUT2D eigenvalue weighted by molar-refractivity contribution is -0.153. The van der Waals surface area contributed by atoms with Gasteiger partial charge in [-0.05, 0) is 11.1 Å². The second-order valence-electron chi connectivity index (χ2n) is 5.42. The maximum Gasteiger partial charge on any atom is 0.326 e. The van der Waals surface area contributed by atoms with Crippen molar-refractivity contribution in [2.45, 2.75) is 24.0 Å². The number of carboxylic acids is 2. The number of nitrogens with zero attached hydrogens (tertiary/aromatic N) is 1. The van der Waals surface area contributed by atoms with Gasteiger partial charge in [0.1, 0.15) is 12.6 Å². The minimum absolute atomic E-state index is 0.0814. The molecule has 0 spiro atoms. The molecule has 2 rings (SSSR count). The Bertz CT molecular complexity index is 631. The zero-order valence-corrected chi connectivity index (χ0v) is 14.8. The topological polar surface area (TPSA) is 94.9 Å². The number of thioether (sulfide) groups is 2. The number of aliphatic carboxylic acids is 2. The van der Waals surface area contributed by atoms with Crippen molar-refractivity contribution in [3.63, 3.8) is 0 Å². The van der Waals surface area contributed by atoms with E-state index >= 15 is 0 Å². The lowest BCUT2D eigenvalue weighted by Crippen LogP contribution is -2.47. The van der Waals surface area contributed by atoms with Gasteiger partial charge in [-0.3, -0.25) is 9.59 Å². The summed E-state index contributed by atoms with van der Waals surface area (Å²) in [7, 11) is 0. The smallest absolute Gasteiger partial charge is 0.326 e. The van der Waals surface area contributed by atoms with Crippen molar-refractivity contribution < 1.29 is 24.6 Å². The zero-order valence-electron chi connectivity index (χ0n) is 13.2. The summed E-state index contributed by atoms with van der Waals surface area (Å²) in [6, 6.07) is 6.44. The molecule has 0 radical (unpaired) electrons. The summed E-state index contributed by atoms with van der Waals surface area (Å²) < 4.78 is 0.344. The van der Waals surface area contributed by atoms with E-state index in [9.17, 15) is 19.5 Å². The van der Waals surface area contributed by atoms with Crippen LogP contribution in [0.4, 0.5) is 0 Å². The van der Waals surface area contributed by atoms with Gasteiger partial charge < -0.3 is 15.1 Å². The highest BCUT2D eigenvalue weighted by Gasteiger charge is 2.30. The van der Waals surface area contributed by atoms with Crippen LogP contribution >= 0.6 is 23.5 Å². The van der Waals surface area contributed by atoms with Crippen LogP contribution in [0.1, 0.15) is 22.6 Å². The number of benzene rings is 1. The summed E-state index contributed by atoms with van der Waals surface area (Å²) in [5, 5.41) is 18.4. The van der Waals surface area contributed by atoms with Gasteiger partial charge >= 0.3 is 11.9 Å². The van der Waals surface area contributed by atoms with Crippen LogP contribution in [0.2, 0.25) is 0 Å². The molecular weight excluding hydrogens is 350 g/mol. The zero-order chi connectivity index (χ0) is 17.7. The van der Waals surface area contributed by atoms with E-state index < -0.39 is 30.4 Å². The molecule has 130 valence electrons. The van der Waals surface area contributed by atoms with Crippen LogP contribution in [-0.2, 0) is 20.8 Å². The van der Waals surface area contributed by atoms with Crippen LogP contribution in [0.25, 0.3) is 0 Å². The maximum absolute atomic E-state index is 11.7. The van der Waals surface area contributed by atoms with E-state index in [1.165, 1.54) is 6.92 Å². The molecule has 6 nitrogen and oxygen atoms in total. The van der Waals surface area contributed by atoms with Crippen molar-refractivity contribution in [1.82, 2.24) is 4.90 Å². The van der Waals surface area contributed by atoms with Gasteiger partial charge in [0.05, 0.1) is 4.58 Å². The third kappa shape index (κ3) is 4.91. The van der Waals surface area contributed by atoms with Crippen molar-refractivity contribution in [2.24, 2.45) is 0 Å². The average molecular weight is 369 g/mol. The number of rotatable bonds is 7. The second kappa shape index (κ2) is 8.43. The number of carbonyl (C=O) groups is 3. The predicted octanol–water partition coefficient (Wildman–Crippen LogP) is 2.09. The van der Waals surface area contributed by atoms with E-state index in [4.69, 9.17) is 5.11 Å². The van der Waals surface area contributed by atoms with Crippen molar-refractivity contribution in [2.75, 3.05) is 18.1 Å². The average Bonchev–Trinajstić information content (AvgIpc) is 3.04. The number of hydrogen-bond donors (Lipinski definition) is 2. The lowest BCUT2D eigenvalue weighted by Gasteiger charge is -2.26. The molecule has 1 heterocycles. The van der Waals surface area contributed by atoms with Gasteiger partial charge in [0.15, 0.2) is 0 Å². The van der Waals surface area contributed by atoms with Gasteiger partial charge in [0, 0.05) is 24.9 Å². The first-order valence-corrected chi connectivity index (χ1v) is 9.52. The van der Waals surface area contributed by atoms with Crippen molar-refractivity contribution in [3.8, 4) is 0 Å². The van der Waals surface area contributed by atoms with Gasteiger partial charge in [0.25, 0.3) is 0 Å². The third-order valence-electron chi connectivity index (χ3n) is 3.65. The molecule has 2 N–H and O–H groups in total. The van der Waals surface area contributed by atoms with E-state index in [2.05, 4.69) is 0 Å². The van der Waals surface area contributed by atoms with Crippen molar-refractivity contribution in [1.29, 1.82) is 0 Å². The van der Waals surface area contributed by atoms with E-state index in [1.54, 1.807) is 0 Å².